The highest BCUT2D eigenvalue weighted by atomic mass is 35.5. The van der Waals surface area contributed by atoms with Crippen LogP contribution in [0.25, 0.3) is 0 Å². The molecule has 2 rings (SSSR count). The van der Waals surface area contributed by atoms with Gasteiger partial charge in [-0.25, -0.2) is 0 Å². The largest absolute Gasteiger partial charge is 0.496 e. The first kappa shape index (κ1) is 17.1. The molecule has 5 nitrogen and oxygen atoms in total. The molecule has 0 bridgehead atoms. The van der Waals surface area contributed by atoms with Crippen LogP contribution in [0.15, 0.2) is 30.3 Å². The van der Waals surface area contributed by atoms with Crippen molar-refractivity contribution in [3.8, 4) is 23.0 Å². The lowest BCUT2D eigenvalue weighted by molar-refractivity contribution is 0.347. The van der Waals surface area contributed by atoms with Crippen molar-refractivity contribution in [2.24, 2.45) is 0 Å². The molecule has 0 spiro atoms. The molecule has 0 radical (unpaired) electrons. The highest BCUT2D eigenvalue weighted by Crippen LogP contribution is 2.35. The second kappa shape index (κ2) is 7.83. The van der Waals surface area contributed by atoms with E-state index in [1.807, 2.05) is 24.3 Å². The van der Waals surface area contributed by atoms with Gasteiger partial charge in [-0.05, 0) is 24.3 Å². The molecule has 124 valence electrons. The monoisotopic (exact) mass is 337 g/mol. The van der Waals surface area contributed by atoms with Crippen molar-refractivity contribution in [1.29, 1.82) is 0 Å². The zero-order valence-electron chi connectivity index (χ0n) is 13.6. The minimum absolute atomic E-state index is 0.548. The normalized spacial score (nSPS) is 10.1. The first-order valence-corrected chi connectivity index (χ1v) is 7.37. The summed E-state index contributed by atoms with van der Waals surface area (Å²) in [5.41, 5.74) is 1.82. The van der Waals surface area contributed by atoms with Gasteiger partial charge >= 0.3 is 0 Å². The predicted octanol–water partition coefficient (Wildman–Crippen LogP) is 3.99. The quantitative estimate of drug-likeness (QED) is 0.828. The molecule has 0 saturated heterocycles. The highest BCUT2D eigenvalue weighted by Gasteiger charge is 2.12. The predicted molar refractivity (Wildman–Crippen MR) is 91.4 cm³/mol. The number of ether oxygens (including phenoxy) is 4. The molecule has 0 aromatic heterocycles. The number of benzene rings is 2. The van der Waals surface area contributed by atoms with E-state index in [2.05, 4.69) is 5.32 Å². The second-order valence-corrected chi connectivity index (χ2v) is 5.13. The van der Waals surface area contributed by atoms with E-state index in [-0.39, 0.29) is 0 Å². The van der Waals surface area contributed by atoms with Crippen LogP contribution in [0, 0.1) is 0 Å². The van der Waals surface area contributed by atoms with Crippen LogP contribution in [0.3, 0.4) is 0 Å². The maximum atomic E-state index is 6.13. The van der Waals surface area contributed by atoms with E-state index in [1.165, 1.54) is 0 Å². The summed E-state index contributed by atoms with van der Waals surface area (Å²) in [7, 11) is 6.40. The van der Waals surface area contributed by atoms with Crippen molar-refractivity contribution >= 4 is 17.3 Å². The second-order valence-electron chi connectivity index (χ2n) is 4.72. The van der Waals surface area contributed by atoms with Crippen molar-refractivity contribution in [2.45, 2.75) is 6.54 Å². The summed E-state index contributed by atoms with van der Waals surface area (Å²) in [6.07, 6.45) is 0. The van der Waals surface area contributed by atoms with Crippen molar-refractivity contribution in [3.05, 3.63) is 40.9 Å². The van der Waals surface area contributed by atoms with Crippen LogP contribution in [-0.4, -0.2) is 28.4 Å². The molecule has 0 amide bonds. The Kier molecular flexibility index (Phi) is 5.82. The van der Waals surface area contributed by atoms with Crippen LogP contribution in [0.5, 0.6) is 23.0 Å². The van der Waals surface area contributed by atoms with E-state index in [0.717, 1.165) is 17.0 Å². The van der Waals surface area contributed by atoms with E-state index in [4.69, 9.17) is 30.5 Å². The molecule has 6 heteroatoms. The van der Waals surface area contributed by atoms with Crippen LogP contribution >= 0.6 is 11.6 Å². The van der Waals surface area contributed by atoms with Gasteiger partial charge in [-0.15, -0.1) is 0 Å². The van der Waals surface area contributed by atoms with Crippen molar-refractivity contribution < 1.29 is 18.9 Å². The van der Waals surface area contributed by atoms with E-state index < -0.39 is 0 Å². The van der Waals surface area contributed by atoms with Gasteiger partial charge in [0.05, 0.1) is 33.5 Å². The van der Waals surface area contributed by atoms with Crippen molar-refractivity contribution in [2.75, 3.05) is 33.8 Å². The van der Waals surface area contributed by atoms with Gasteiger partial charge in [0.25, 0.3) is 0 Å². The van der Waals surface area contributed by atoms with Gasteiger partial charge in [0, 0.05) is 23.9 Å². The fourth-order valence-corrected chi connectivity index (χ4v) is 2.46. The van der Waals surface area contributed by atoms with Crippen LogP contribution < -0.4 is 24.3 Å². The third kappa shape index (κ3) is 3.93. The minimum atomic E-state index is 0.548. The van der Waals surface area contributed by atoms with Gasteiger partial charge in [-0.3, -0.25) is 0 Å². The number of rotatable bonds is 7. The van der Waals surface area contributed by atoms with Gasteiger partial charge in [-0.1, -0.05) is 11.6 Å². The minimum Gasteiger partial charge on any atom is -0.496 e. The van der Waals surface area contributed by atoms with Crippen molar-refractivity contribution in [3.63, 3.8) is 0 Å². The fourth-order valence-electron chi connectivity index (χ4n) is 2.20. The first-order chi connectivity index (χ1) is 11.1. The van der Waals surface area contributed by atoms with Gasteiger partial charge in [0.2, 0.25) is 0 Å². The smallest absolute Gasteiger partial charge is 0.164 e. The number of methoxy groups -OCH3 is 4. The molecule has 1 N–H and O–H groups in total. The topological polar surface area (TPSA) is 49.0 Å². The summed E-state index contributed by atoms with van der Waals surface area (Å²) in [5.74, 6) is 2.63. The molecule has 0 fully saturated rings. The Morgan fingerprint density at radius 3 is 1.96 bits per heavy atom. The van der Waals surface area contributed by atoms with Crippen LogP contribution in [0.4, 0.5) is 5.69 Å². The van der Waals surface area contributed by atoms with Gasteiger partial charge in [0.1, 0.15) is 11.5 Å². The van der Waals surface area contributed by atoms with E-state index >= 15 is 0 Å². The summed E-state index contributed by atoms with van der Waals surface area (Å²) in [6, 6.07) is 9.22. The number of hydrogen-bond donors (Lipinski definition) is 1. The molecule has 0 heterocycles. The number of hydrogen-bond acceptors (Lipinski definition) is 5. The Hall–Kier alpha value is -2.27. The maximum absolute atomic E-state index is 6.13. The lowest BCUT2D eigenvalue weighted by Gasteiger charge is -2.15. The maximum Gasteiger partial charge on any atom is 0.164 e. The third-order valence-electron chi connectivity index (χ3n) is 3.42. The Labute approximate surface area is 141 Å². The summed E-state index contributed by atoms with van der Waals surface area (Å²) in [5, 5.41) is 3.85. The number of anilines is 1. The summed E-state index contributed by atoms with van der Waals surface area (Å²) >= 11 is 6.13. The molecule has 2 aromatic rings. The van der Waals surface area contributed by atoms with Gasteiger partial charge in [-0.2, -0.15) is 0 Å². The molecule has 2 aromatic carbocycles. The fraction of sp³-hybridized carbons (Fsp3) is 0.294. The van der Waals surface area contributed by atoms with E-state index in [9.17, 15) is 0 Å². The van der Waals surface area contributed by atoms with Gasteiger partial charge in [0.15, 0.2) is 11.5 Å². The molecular formula is C17H20ClNO4. The van der Waals surface area contributed by atoms with Crippen LogP contribution in [-0.2, 0) is 6.54 Å². The number of halogens is 1. The SMILES string of the molecule is COc1ccc(NCc2cc(OC)c(OC)cc2OC)cc1Cl. The average molecular weight is 338 g/mol. The lowest BCUT2D eigenvalue weighted by Crippen LogP contribution is -2.03. The first-order valence-electron chi connectivity index (χ1n) is 6.99. The Morgan fingerprint density at radius 1 is 0.783 bits per heavy atom. The zero-order chi connectivity index (χ0) is 16.8. The van der Waals surface area contributed by atoms with Crippen molar-refractivity contribution in [1.82, 2.24) is 0 Å². The number of nitrogens with one attached hydrogen (secondary N) is 1. The Morgan fingerprint density at radius 2 is 1.39 bits per heavy atom. The molecule has 0 aliphatic heterocycles. The van der Waals surface area contributed by atoms with Gasteiger partial charge < -0.3 is 24.3 Å². The summed E-state index contributed by atoms with van der Waals surface area (Å²) in [4.78, 5) is 0. The highest BCUT2D eigenvalue weighted by molar-refractivity contribution is 6.32. The molecular weight excluding hydrogens is 318 g/mol. The molecule has 0 aliphatic rings. The molecule has 0 atom stereocenters. The molecule has 0 unspecified atom stereocenters. The lowest BCUT2D eigenvalue weighted by atomic mass is 10.1. The molecule has 0 saturated carbocycles. The van der Waals surface area contributed by atoms with E-state index in [0.29, 0.717) is 28.8 Å². The molecule has 23 heavy (non-hydrogen) atoms. The standard InChI is InChI=1S/C17H20ClNO4/c1-20-14-6-5-12(8-13(14)18)19-10-11-7-16(22-3)17(23-4)9-15(11)21-2/h5-9,19H,10H2,1-4H3. The van der Waals surface area contributed by atoms with Crippen LogP contribution in [0.2, 0.25) is 5.02 Å². The zero-order valence-corrected chi connectivity index (χ0v) is 14.4. The van der Waals surface area contributed by atoms with E-state index in [1.54, 1.807) is 34.5 Å². The molecule has 0 aliphatic carbocycles. The third-order valence-corrected chi connectivity index (χ3v) is 3.72. The van der Waals surface area contributed by atoms with Crippen LogP contribution in [0.1, 0.15) is 5.56 Å². The Balaban J connectivity index is 2.20. The average Bonchev–Trinajstić information content (AvgIpc) is 2.59. The summed E-state index contributed by atoms with van der Waals surface area (Å²) in [6.45, 7) is 0.548. The Bertz CT molecular complexity index is 676. The summed E-state index contributed by atoms with van der Waals surface area (Å²) < 4.78 is 21.2.